The quantitative estimate of drug-likeness (QED) is 0.879. The summed E-state index contributed by atoms with van der Waals surface area (Å²) >= 11 is 0. The van der Waals surface area contributed by atoms with Crippen LogP contribution in [-0.4, -0.2) is 25.7 Å². The van der Waals surface area contributed by atoms with Crippen LogP contribution in [0.15, 0.2) is 18.2 Å². The van der Waals surface area contributed by atoms with E-state index >= 15 is 0 Å². The van der Waals surface area contributed by atoms with Crippen LogP contribution >= 0.6 is 0 Å². The smallest absolute Gasteiger partial charge is 0.0369 e. The van der Waals surface area contributed by atoms with Crippen molar-refractivity contribution in [1.82, 2.24) is 5.32 Å². The summed E-state index contributed by atoms with van der Waals surface area (Å²) in [6.45, 7) is 5.56. The van der Waals surface area contributed by atoms with Gasteiger partial charge in [-0.05, 0) is 62.3 Å². The molecule has 2 nitrogen and oxygen atoms in total. The highest BCUT2D eigenvalue weighted by Crippen LogP contribution is 2.34. The van der Waals surface area contributed by atoms with Crippen LogP contribution in [0.4, 0.5) is 5.69 Å². The molecule has 98 valence electrons. The summed E-state index contributed by atoms with van der Waals surface area (Å²) in [7, 11) is 2.24. The van der Waals surface area contributed by atoms with E-state index < -0.39 is 0 Å². The monoisotopic (exact) mass is 244 g/mol. The largest absolute Gasteiger partial charge is 0.374 e. The molecule has 1 aromatic rings. The van der Waals surface area contributed by atoms with Crippen molar-refractivity contribution in [3.05, 3.63) is 29.3 Å². The maximum absolute atomic E-state index is 3.73. The fourth-order valence-electron chi connectivity index (χ4n) is 3.77. The van der Waals surface area contributed by atoms with Gasteiger partial charge in [0.15, 0.2) is 0 Å². The molecule has 2 fully saturated rings. The highest BCUT2D eigenvalue weighted by atomic mass is 15.1. The van der Waals surface area contributed by atoms with Crippen LogP contribution in [-0.2, 0) is 0 Å². The maximum Gasteiger partial charge on any atom is 0.0369 e. The molecular formula is C16H24N2. The van der Waals surface area contributed by atoms with Gasteiger partial charge >= 0.3 is 0 Å². The number of rotatable bonds is 3. The van der Waals surface area contributed by atoms with Crippen LogP contribution in [0.25, 0.3) is 0 Å². The van der Waals surface area contributed by atoms with Crippen LogP contribution in [0.1, 0.15) is 30.4 Å². The number of anilines is 1. The first-order valence-corrected chi connectivity index (χ1v) is 7.17. The second-order valence-electron chi connectivity index (χ2n) is 6.27. The Morgan fingerprint density at radius 1 is 1.17 bits per heavy atom. The van der Waals surface area contributed by atoms with Crippen LogP contribution in [0.2, 0.25) is 0 Å². The lowest BCUT2D eigenvalue weighted by atomic mass is 9.89. The normalized spacial score (nSPS) is 29.8. The Kier molecular flexibility index (Phi) is 3.06. The Morgan fingerprint density at radius 2 is 1.89 bits per heavy atom. The Morgan fingerprint density at radius 3 is 2.44 bits per heavy atom. The summed E-state index contributed by atoms with van der Waals surface area (Å²) < 4.78 is 0. The topological polar surface area (TPSA) is 15.3 Å². The van der Waals surface area contributed by atoms with Gasteiger partial charge in [-0.25, -0.2) is 0 Å². The van der Waals surface area contributed by atoms with Crippen molar-refractivity contribution in [2.75, 3.05) is 18.5 Å². The molecule has 0 aromatic heterocycles. The third kappa shape index (κ3) is 2.26. The second-order valence-corrected chi connectivity index (χ2v) is 6.27. The highest BCUT2D eigenvalue weighted by molar-refractivity contribution is 5.50. The average molecular weight is 244 g/mol. The van der Waals surface area contributed by atoms with Crippen LogP contribution in [0, 0.1) is 19.8 Å². The number of fused-ring (bicyclic) bond motifs is 2. The molecule has 3 rings (SSSR count). The van der Waals surface area contributed by atoms with Gasteiger partial charge in [0.1, 0.15) is 0 Å². The first-order valence-electron chi connectivity index (χ1n) is 7.17. The van der Waals surface area contributed by atoms with Crippen molar-refractivity contribution < 1.29 is 0 Å². The minimum absolute atomic E-state index is 0.781. The van der Waals surface area contributed by atoms with Gasteiger partial charge in [0, 0.05) is 31.4 Å². The molecule has 18 heavy (non-hydrogen) atoms. The van der Waals surface area contributed by atoms with Gasteiger partial charge in [-0.1, -0.05) is 6.07 Å². The van der Waals surface area contributed by atoms with Crippen molar-refractivity contribution >= 4 is 5.69 Å². The molecule has 2 heteroatoms. The van der Waals surface area contributed by atoms with Gasteiger partial charge in [-0.3, -0.25) is 0 Å². The van der Waals surface area contributed by atoms with Gasteiger partial charge in [0.25, 0.3) is 0 Å². The summed E-state index contributed by atoms with van der Waals surface area (Å²) in [5.41, 5.74) is 4.10. The molecule has 2 bridgehead atoms. The van der Waals surface area contributed by atoms with Crippen LogP contribution in [0.3, 0.4) is 0 Å². The number of nitrogens with zero attached hydrogens (tertiary/aromatic N) is 1. The third-order valence-corrected chi connectivity index (χ3v) is 4.59. The molecule has 3 unspecified atom stereocenters. The number of hydrogen-bond acceptors (Lipinski definition) is 2. The summed E-state index contributed by atoms with van der Waals surface area (Å²) in [6.07, 6.45) is 4.16. The molecule has 3 atom stereocenters. The third-order valence-electron chi connectivity index (χ3n) is 4.59. The van der Waals surface area contributed by atoms with Gasteiger partial charge in [0.2, 0.25) is 0 Å². The summed E-state index contributed by atoms with van der Waals surface area (Å²) in [6, 6.07) is 8.44. The second kappa shape index (κ2) is 4.58. The molecule has 0 aliphatic carbocycles. The fraction of sp³-hybridized carbons (Fsp3) is 0.625. The summed E-state index contributed by atoms with van der Waals surface area (Å²) in [4.78, 5) is 2.44. The SMILES string of the molecule is Cc1cc(C)cc(N(C)CC2CC3CCC2N3)c1. The fourth-order valence-corrected chi connectivity index (χ4v) is 3.77. The van der Waals surface area contributed by atoms with E-state index in [2.05, 4.69) is 49.3 Å². The van der Waals surface area contributed by atoms with Crippen molar-refractivity contribution in [2.45, 2.75) is 45.2 Å². The summed E-state index contributed by atoms with van der Waals surface area (Å²) in [5.74, 6) is 0.842. The van der Waals surface area contributed by atoms with E-state index in [0.717, 1.165) is 18.0 Å². The van der Waals surface area contributed by atoms with Gasteiger partial charge < -0.3 is 10.2 Å². The zero-order chi connectivity index (χ0) is 12.7. The minimum Gasteiger partial charge on any atom is -0.374 e. The number of nitrogens with one attached hydrogen (secondary N) is 1. The van der Waals surface area contributed by atoms with E-state index in [4.69, 9.17) is 0 Å². The molecule has 0 saturated carbocycles. The molecule has 1 N–H and O–H groups in total. The lowest BCUT2D eigenvalue weighted by molar-refractivity contribution is 0.409. The first-order chi connectivity index (χ1) is 8.61. The Labute approximate surface area is 110 Å². The average Bonchev–Trinajstić information content (AvgIpc) is 2.89. The van der Waals surface area contributed by atoms with E-state index in [1.54, 1.807) is 0 Å². The van der Waals surface area contributed by atoms with Crippen LogP contribution < -0.4 is 10.2 Å². The molecule has 0 spiro atoms. The molecular weight excluding hydrogens is 220 g/mol. The predicted molar refractivity (Wildman–Crippen MR) is 77.2 cm³/mol. The maximum atomic E-state index is 3.73. The zero-order valence-corrected chi connectivity index (χ0v) is 11.7. The molecule has 2 saturated heterocycles. The molecule has 2 aliphatic rings. The molecule has 1 aromatic carbocycles. The molecule has 2 aliphatic heterocycles. The Hall–Kier alpha value is -1.02. The van der Waals surface area contributed by atoms with Crippen molar-refractivity contribution in [3.8, 4) is 0 Å². The minimum atomic E-state index is 0.781. The van der Waals surface area contributed by atoms with Gasteiger partial charge in [0.05, 0.1) is 0 Å². The van der Waals surface area contributed by atoms with Crippen molar-refractivity contribution in [1.29, 1.82) is 0 Å². The van der Waals surface area contributed by atoms with Crippen LogP contribution in [0.5, 0.6) is 0 Å². The zero-order valence-electron chi connectivity index (χ0n) is 11.7. The Bertz CT molecular complexity index is 420. The number of benzene rings is 1. The highest BCUT2D eigenvalue weighted by Gasteiger charge is 2.39. The van der Waals surface area contributed by atoms with E-state index in [1.165, 1.54) is 42.6 Å². The predicted octanol–water partition coefficient (Wildman–Crippen LogP) is 2.88. The molecule has 0 amide bonds. The van der Waals surface area contributed by atoms with Crippen molar-refractivity contribution in [2.24, 2.45) is 5.92 Å². The number of aryl methyl sites for hydroxylation is 2. The van der Waals surface area contributed by atoms with E-state index in [0.29, 0.717) is 0 Å². The molecule has 2 heterocycles. The first kappa shape index (κ1) is 12.0. The lowest BCUT2D eigenvalue weighted by Gasteiger charge is -2.28. The van der Waals surface area contributed by atoms with E-state index in [1.807, 2.05) is 0 Å². The number of hydrogen-bond donors (Lipinski definition) is 1. The van der Waals surface area contributed by atoms with E-state index in [-0.39, 0.29) is 0 Å². The molecule has 0 radical (unpaired) electrons. The van der Waals surface area contributed by atoms with Gasteiger partial charge in [-0.15, -0.1) is 0 Å². The van der Waals surface area contributed by atoms with Gasteiger partial charge in [-0.2, -0.15) is 0 Å². The Balaban J connectivity index is 1.69. The van der Waals surface area contributed by atoms with E-state index in [9.17, 15) is 0 Å². The summed E-state index contributed by atoms with van der Waals surface area (Å²) in [5, 5.41) is 3.73. The lowest BCUT2D eigenvalue weighted by Crippen LogP contribution is -2.33. The standard InChI is InChI=1S/C16H24N2/c1-11-6-12(2)8-15(7-11)18(3)10-13-9-14-4-5-16(13)17-14/h6-8,13-14,16-17H,4-5,9-10H2,1-3H3. The van der Waals surface area contributed by atoms with Crippen molar-refractivity contribution in [3.63, 3.8) is 0 Å².